The summed E-state index contributed by atoms with van der Waals surface area (Å²) in [4.78, 5) is 21.0. The van der Waals surface area contributed by atoms with Crippen molar-refractivity contribution >= 4 is 44.2 Å². The smallest absolute Gasteiger partial charge is 0.244 e. The van der Waals surface area contributed by atoms with Crippen molar-refractivity contribution in [3.05, 3.63) is 53.8 Å². The number of thioether (sulfide) groups is 1. The third kappa shape index (κ3) is 5.52. The molecular formula is C21H21FN4O3S3. The van der Waals surface area contributed by atoms with Crippen LogP contribution in [0.4, 0.5) is 9.52 Å². The molecule has 0 spiro atoms. The van der Waals surface area contributed by atoms with E-state index in [9.17, 15) is 17.6 Å². The maximum absolute atomic E-state index is 13.1. The maximum atomic E-state index is 13.1. The van der Waals surface area contributed by atoms with E-state index in [-0.39, 0.29) is 22.4 Å². The van der Waals surface area contributed by atoms with Gasteiger partial charge in [0.1, 0.15) is 10.7 Å². The van der Waals surface area contributed by atoms with Crippen molar-refractivity contribution in [2.75, 3.05) is 24.2 Å². The number of aromatic nitrogens is 2. The van der Waals surface area contributed by atoms with Gasteiger partial charge in [0.15, 0.2) is 5.13 Å². The number of nitrogens with zero attached hydrogens (tertiary/aromatic N) is 3. The SMILES string of the molecule is O=C(CSc1ccc(S(=O)(=O)N2CCCCC2)cn1)Nc1nc(-c2ccc(F)cc2)cs1. The van der Waals surface area contributed by atoms with Crippen LogP contribution in [-0.4, -0.2) is 47.4 Å². The van der Waals surface area contributed by atoms with E-state index < -0.39 is 10.0 Å². The third-order valence-corrected chi connectivity index (χ3v) is 8.49. The van der Waals surface area contributed by atoms with Gasteiger partial charge in [-0.1, -0.05) is 18.2 Å². The molecule has 3 aromatic rings. The number of sulfonamides is 1. The van der Waals surface area contributed by atoms with Crippen LogP contribution in [-0.2, 0) is 14.8 Å². The lowest BCUT2D eigenvalue weighted by atomic mass is 10.2. The predicted octanol–water partition coefficient (Wildman–Crippen LogP) is 4.25. The normalized spacial score (nSPS) is 14.9. The van der Waals surface area contributed by atoms with Crippen molar-refractivity contribution in [3.8, 4) is 11.3 Å². The summed E-state index contributed by atoms with van der Waals surface area (Å²) >= 11 is 2.49. The first-order valence-corrected chi connectivity index (χ1v) is 13.3. The Morgan fingerprint density at radius 1 is 1.12 bits per heavy atom. The number of amides is 1. The number of carbonyl (C=O) groups excluding carboxylic acids is 1. The molecule has 1 aliphatic rings. The van der Waals surface area contributed by atoms with Crippen LogP contribution in [0.3, 0.4) is 0 Å². The Hall–Kier alpha value is -2.34. The predicted molar refractivity (Wildman–Crippen MR) is 124 cm³/mol. The average molecular weight is 493 g/mol. The van der Waals surface area contributed by atoms with E-state index >= 15 is 0 Å². The van der Waals surface area contributed by atoms with E-state index in [4.69, 9.17) is 0 Å². The first-order chi connectivity index (χ1) is 15.4. The number of anilines is 1. The van der Waals surface area contributed by atoms with Crippen LogP contribution in [0.2, 0.25) is 0 Å². The lowest BCUT2D eigenvalue weighted by molar-refractivity contribution is -0.113. The quantitative estimate of drug-likeness (QED) is 0.496. The number of thiazole rings is 1. The van der Waals surface area contributed by atoms with Crippen LogP contribution in [0.1, 0.15) is 19.3 Å². The van der Waals surface area contributed by atoms with Crippen LogP contribution < -0.4 is 5.32 Å². The highest BCUT2D eigenvalue weighted by Gasteiger charge is 2.26. The molecule has 3 heterocycles. The Labute approximate surface area is 194 Å². The summed E-state index contributed by atoms with van der Waals surface area (Å²) in [7, 11) is -3.52. The number of carbonyl (C=O) groups is 1. The van der Waals surface area contributed by atoms with Crippen molar-refractivity contribution in [3.63, 3.8) is 0 Å². The molecular weight excluding hydrogens is 471 g/mol. The Bertz CT molecular complexity index is 1180. The fraction of sp³-hybridized carbons (Fsp3) is 0.286. The fourth-order valence-electron chi connectivity index (χ4n) is 3.24. The molecule has 32 heavy (non-hydrogen) atoms. The van der Waals surface area contributed by atoms with Crippen molar-refractivity contribution < 1.29 is 17.6 Å². The molecule has 0 atom stereocenters. The number of hydrogen-bond donors (Lipinski definition) is 1. The zero-order valence-corrected chi connectivity index (χ0v) is 19.5. The van der Waals surface area contributed by atoms with Crippen molar-refractivity contribution in [1.29, 1.82) is 0 Å². The topological polar surface area (TPSA) is 92.3 Å². The zero-order chi connectivity index (χ0) is 22.6. The first-order valence-electron chi connectivity index (χ1n) is 10.0. The lowest BCUT2D eigenvalue weighted by Gasteiger charge is -2.25. The van der Waals surface area contributed by atoms with Gasteiger partial charge in [-0.05, 0) is 49.2 Å². The Balaban J connectivity index is 1.31. The second-order valence-corrected chi connectivity index (χ2v) is 11.0. The fourth-order valence-corrected chi connectivity index (χ4v) is 6.08. The monoisotopic (exact) mass is 492 g/mol. The summed E-state index contributed by atoms with van der Waals surface area (Å²) in [5.74, 6) is -0.460. The highest BCUT2D eigenvalue weighted by molar-refractivity contribution is 7.99. The van der Waals surface area contributed by atoms with Crippen LogP contribution in [0.25, 0.3) is 11.3 Å². The Morgan fingerprint density at radius 2 is 1.88 bits per heavy atom. The zero-order valence-electron chi connectivity index (χ0n) is 17.0. The molecule has 4 rings (SSSR count). The summed E-state index contributed by atoms with van der Waals surface area (Å²) < 4.78 is 39.9. The number of rotatable bonds is 7. The van der Waals surface area contributed by atoms with Crippen molar-refractivity contribution in [2.45, 2.75) is 29.2 Å². The molecule has 1 fully saturated rings. The molecule has 0 radical (unpaired) electrons. The minimum absolute atomic E-state index is 0.108. The van der Waals surface area contributed by atoms with Gasteiger partial charge in [-0.25, -0.2) is 22.8 Å². The van der Waals surface area contributed by atoms with Crippen molar-refractivity contribution in [2.24, 2.45) is 0 Å². The van der Waals surface area contributed by atoms with Gasteiger partial charge < -0.3 is 5.32 Å². The third-order valence-electron chi connectivity index (χ3n) is 4.90. The largest absolute Gasteiger partial charge is 0.301 e. The number of pyridine rings is 1. The van der Waals surface area contributed by atoms with Gasteiger partial charge in [0.05, 0.1) is 16.5 Å². The molecule has 2 aromatic heterocycles. The minimum atomic E-state index is -3.52. The van der Waals surface area contributed by atoms with Gasteiger partial charge in [0.2, 0.25) is 15.9 Å². The second-order valence-electron chi connectivity index (χ2n) is 7.18. The van der Waals surface area contributed by atoms with Crippen molar-refractivity contribution in [1.82, 2.24) is 14.3 Å². The molecule has 0 bridgehead atoms. The van der Waals surface area contributed by atoms with Crippen LogP contribution in [0.5, 0.6) is 0 Å². The average Bonchev–Trinajstić information content (AvgIpc) is 3.27. The molecule has 0 unspecified atom stereocenters. The molecule has 1 N–H and O–H groups in total. The molecule has 7 nitrogen and oxygen atoms in total. The summed E-state index contributed by atoms with van der Waals surface area (Å²) in [6.45, 7) is 1.08. The lowest BCUT2D eigenvalue weighted by Crippen LogP contribution is -2.35. The number of halogens is 1. The summed E-state index contributed by atoms with van der Waals surface area (Å²) in [6, 6.07) is 9.14. The highest BCUT2D eigenvalue weighted by atomic mass is 32.2. The molecule has 1 aromatic carbocycles. The van der Waals surface area contributed by atoms with Gasteiger partial charge in [-0.15, -0.1) is 11.3 Å². The first kappa shape index (κ1) is 22.8. The molecule has 11 heteroatoms. The van der Waals surface area contributed by atoms with E-state index in [1.165, 1.54) is 51.8 Å². The van der Waals surface area contributed by atoms with E-state index in [2.05, 4.69) is 15.3 Å². The van der Waals surface area contributed by atoms with Gasteiger partial charge in [0.25, 0.3) is 0 Å². The molecule has 168 valence electrons. The molecule has 1 amide bonds. The summed E-state index contributed by atoms with van der Waals surface area (Å²) in [6.07, 6.45) is 4.15. The second kappa shape index (κ2) is 10.1. The van der Waals surface area contributed by atoms with Gasteiger partial charge in [0, 0.05) is 30.2 Å². The van der Waals surface area contributed by atoms with E-state index in [0.29, 0.717) is 28.9 Å². The van der Waals surface area contributed by atoms with E-state index in [1.54, 1.807) is 23.6 Å². The summed E-state index contributed by atoms with van der Waals surface area (Å²) in [5, 5.41) is 5.54. The number of benzene rings is 1. The molecule has 1 aliphatic heterocycles. The Morgan fingerprint density at radius 3 is 2.56 bits per heavy atom. The number of nitrogens with one attached hydrogen (secondary N) is 1. The number of piperidine rings is 1. The minimum Gasteiger partial charge on any atom is -0.301 e. The van der Waals surface area contributed by atoms with Gasteiger partial charge in [-0.3, -0.25) is 4.79 Å². The molecule has 0 aliphatic carbocycles. The maximum Gasteiger partial charge on any atom is 0.244 e. The summed E-state index contributed by atoms with van der Waals surface area (Å²) in [5.41, 5.74) is 1.42. The number of hydrogen-bond acceptors (Lipinski definition) is 7. The van der Waals surface area contributed by atoms with Crippen LogP contribution in [0.15, 0.2) is 57.9 Å². The van der Waals surface area contributed by atoms with Gasteiger partial charge in [-0.2, -0.15) is 4.31 Å². The molecule has 1 saturated heterocycles. The van der Waals surface area contributed by atoms with Crippen LogP contribution in [0, 0.1) is 5.82 Å². The van der Waals surface area contributed by atoms with E-state index in [1.807, 2.05) is 0 Å². The molecule has 0 saturated carbocycles. The van der Waals surface area contributed by atoms with Gasteiger partial charge >= 0.3 is 0 Å². The van der Waals surface area contributed by atoms with E-state index in [0.717, 1.165) is 24.8 Å². The Kier molecular flexibility index (Phi) is 7.19. The highest BCUT2D eigenvalue weighted by Crippen LogP contribution is 2.26. The standard InChI is InChI=1S/C21H21FN4O3S3/c22-16-6-4-15(5-7-16)18-13-31-21(24-18)25-19(27)14-30-20-9-8-17(12-23-20)32(28,29)26-10-2-1-3-11-26/h4-9,12-13H,1-3,10-11,14H2,(H,24,25,27). The van der Waals surface area contributed by atoms with Crippen LogP contribution >= 0.6 is 23.1 Å².